The Hall–Kier alpha value is -1.88. The van der Waals surface area contributed by atoms with Crippen LogP contribution in [0.2, 0.25) is 0 Å². The number of hydrogen-bond donors (Lipinski definition) is 2. The van der Waals surface area contributed by atoms with Crippen molar-refractivity contribution in [3.05, 3.63) is 45.9 Å². The number of aliphatic imine (C=N–C) groups is 1. The van der Waals surface area contributed by atoms with Gasteiger partial charge in [-0.3, -0.25) is 4.79 Å². The van der Waals surface area contributed by atoms with Gasteiger partial charge in [0.2, 0.25) is 0 Å². The Bertz CT molecular complexity index is 795. The summed E-state index contributed by atoms with van der Waals surface area (Å²) in [6, 6.07) is 7.64. The van der Waals surface area contributed by atoms with Gasteiger partial charge in [0, 0.05) is 31.7 Å². The van der Waals surface area contributed by atoms with Crippen molar-refractivity contribution in [2.24, 2.45) is 4.99 Å². The van der Waals surface area contributed by atoms with Gasteiger partial charge in [-0.05, 0) is 31.0 Å². The molecule has 0 aliphatic rings. The lowest BCUT2D eigenvalue weighted by atomic mass is 10.2. The van der Waals surface area contributed by atoms with Gasteiger partial charge in [-0.15, -0.1) is 35.3 Å². The predicted octanol–water partition coefficient (Wildman–Crippen LogP) is 3.05. The Morgan fingerprint density at radius 2 is 2.07 bits per heavy atom. The summed E-state index contributed by atoms with van der Waals surface area (Å²) in [5, 5.41) is 7.61. The van der Waals surface area contributed by atoms with E-state index in [9.17, 15) is 4.79 Å². The second-order valence-corrected chi connectivity index (χ2v) is 7.55. The first-order valence-electron chi connectivity index (χ1n) is 9.39. The van der Waals surface area contributed by atoms with Crippen LogP contribution in [-0.4, -0.2) is 49.0 Å². The molecule has 2 rings (SSSR count). The number of aryl methyl sites for hydroxylation is 1. The van der Waals surface area contributed by atoms with Crippen molar-refractivity contribution in [1.82, 2.24) is 20.5 Å². The van der Waals surface area contributed by atoms with E-state index in [4.69, 9.17) is 4.74 Å². The lowest BCUT2D eigenvalue weighted by Gasteiger charge is -2.12. The number of rotatable bonds is 9. The zero-order valence-corrected chi connectivity index (χ0v) is 20.5. The quantitative estimate of drug-likeness (QED) is 0.296. The maximum atomic E-state index is 11.7. The van der Waals surface area contributed by atoms with Gasteiger partial charge < -0.3 is 20.3 Å². The molecule has 0 spiro atoms. The SMILES string of the molecule is CCNC(=NCc1cccc(OCC(=O)N(C)C)c1)NCc1ncc(CC)s1.I. The molecule has 160 valence electrons. The number of carbonyl (C=O) groups excluding carboxylic acids is 1. The number of likely N-dealkylation sites (N-methyl/N-ethyl adjacent to an activating group) is 1. The van der Waals surface area contributed by atoms with Crippen LogP contribution >= 0.6 is 35.3 Å². The second-order valence-electron chi connectivity index (χ2n) is 6.35. The Labute approximate surface area is 194 Å². The van der Waals surface area contributed by atoms with Crippen molar-refractivity contribution in [1.29, 1.82) is 0 Å². The van der Waals surface area contributed by atoms with Crippen molar-refractivity contribution in [3.63, 3.8) is 0 Å². The van der Waals surface area contributed by atoms with Crippen molar-refractivity contribution >= 4 is 47.2 Å². The van der Waals surface area contributed by atoms with Crippen LogP contribution in [0.1, 0.15) is 29.3 Å². The monoisotopic (exact) mass is 531 g/mol. The van der Waals surface area contributed by atoms with Gasteiger partial charge in [0.1, 0.15) is 10.8 Å². The number of ether oxygens (including phenoxy) is 1. The largest absolute Gasteiger partial charge is 0.484 e. The summed E-state index contributed by atoms with van der Waals surface area (Å²) in [6.07, 6.45) is 2.93. The van der Waals surface area contributed by atoms with Gasteiger partial charge >= 0.3 is 0 Å². The van der Waals surface area contributed by atoms with Crippen molar-refractivity contribution in [2.45, 2.75) is 33.4 Å². The molecule has 2 aromatic rings. The number of hydrogen-bond acceptors (Lipinski definition) is 5. The highest BCUT2D eigenvalue weighted by Gasteiger charge is 2.06. The number of amides is 1. The fourth-order valence-corrected chi connectivity index (χ4v) is 3.07. The number of carbonyl (C=O) groups is 1. The van der Waals surface area contributed by atoms with Crippen LogP contribution in [-0.2, 0) is 24.3 Å². The Morgan fingerprint density at radius 3 is 2.72 bits per heavy atom. The first kappa shape index (κ1) is 25.2. The van der Waals surface area contributed by atoms with Gasteiger partial charge in [-0.2, -0.15) is 0 Å². The normalized spacial score (nSPS) is 10.8. The van der Waals surface area contributed by atoms with Gasteiger partial charge in [-0.25, -0.2) is 9.98 Å². The third-order valence-electron chi connectivity index (χ3n) is 3.88. The van der Waals surface area contributed by atoms with Gasteiger partial charge in [0.25, 0.3) is 5.91 Å². The van der Waals surface area contributed by atoms with Gasteiger partial charge in [-0.1, -0.05) is 19.1 Å². The van der Waals surface area contributed by atoms with Crippen molar-refractivity contribution in [3.8, 4) is 5.75 Å². The molecule has 2 N–H and O–H groups in total. The Morgan fingerprint density at radius 1 is 1.28 bits per heavy atom. The molecule has 0 fully saturated rings. The van der Waals surface area contributed by atoms with E-state index >= 15 is 0 Å². The molecule has 7 nitrogen and oxygen atoms in total. The van der Waals surface area contributed by atoms with E-state index in [0.717, 1.165) is 29.5 Å². The number of thiazole rings is 1. The number of guanidine groups is 1. The third kappa shape index (κ3) is 8.99. The van der Waals surface area contributed by atoms with E-state index in [2.05, 4.69) is 27.5 Å². The van der Waals surface area contributed by atoms with Crippen LogP contribution in [0.5, 0.6) is 5.75 Å². The minimum atomic E-state index is -0.0736. The third-order valence-corrected chi connectivity index (χ3v) is 5.02. The molecule has 0 aliphatic heterocycles. The molecule has 0 saturated heterocycles. The molecule has 0 aliphatic carbocycles. The average Bonchev–Trinajstić information content (AvgIpc) is 3.16. The summed E-state index contributed by atoms with van der Waals surface area (Å²) in [4.78, 5) is 23.5. The van der Waals surface area contributed by atoms with E-state index in [1.54, 1.807) is 25.4 Å². The lowest BCUT2D eigenvalue weighted by molar-refractivity contribution is -0.130. The minimum absolute atomic E-state index is 0. The van der Waals surface area contributed by atoms with Crippen LogP contribution in [0, 0.1) is 0 Å². The summed E-state index contributed by atoms with van der Waals surface area (Å²) in [5.41, 5.74) is 1.01. The molecule has 1 amide bonds. The first-order chi connectivity index (χ1) is 13.5. The standard InChI is InChI=1S/C20H29N5O2S.HI/c1-5-17-12-22-18(28-17)13-24-20(21-6-2)23-11-15-8-7-9-16(10-15)27-14-19(26)25(3)4;/h7-10,12H,5-6,11,13-14H2,1-4H3,(H2,21,23,24);1H. The van der Waals surface area contributed by atoms with Crippen LogP contribution in [0.4, 0.5) is 0 Å². The van der Waals surface area contributed by atoms with Crippen LogP contribution in [0.15, 0.2) is 35.5 Å². The highest BCUT2D eigenvalue weighted by atomic mass is 127. The van der Waals surface area contributed by atoms with Crippen molar-refractivity contribution in [2.75, 3.05) is 27.2 Å². The Kier molecular flexibility index (Phi) is 11.6. The number of nitrogens with zero attached hydrogens (tertiary/aromatic N) is 3. The molecular weight excluding hydrogens is 501 g/mol. The lowest BCUT2D eigenvalue weighted by Crippen LogP contribution is -2.36. The van der Waals surface area contributed by atoms with Crippen LogP contribution in [0.25, 0.3) is 0 Å². The summed E-state index contributed by atoms with van der Waals surface area (Å²) >= 11 is 1.72. The average molecular weight is 531 g/mol. The fraction of sp³-hybridized carbons (Fsp3) is 0.450. The molecule has 1 aromatic heterocycles. The number of benzene rings is 1. The maximum absolute atomic E-state index is 11.7. The van der Waals surface area contributed by atoms with Crippen molar-refractivity contribution < 1.29 is 9.53 Å². The molecule has 0 radical (unpaired) electrons. The maximum Gasteiger partial charge on any atom is 0.259 e. The molecule has 1 aromatic carbocycles. The summed E-state index contributed by atoms with van der Waals surface area (Å²) in [7, 11) is 3.42. The second kappa shape index (κ2) is 13.4. The zero-order chi connectivity index (χ0) is 20.4. The predicted molar refractivity (Wildman–Crippen MR) is 129 cm³/mol. The molecule has 1 heterocycles. The minimum Gasteiger partial charge on any atom is -0.484 e. The molecule has 9 heteroatoms. The molecule has 0 saturated carbocycles. The summed E-state index contributed by atoms with van der Waals surface area (Å²) in [5.74, 6) is 1.33. The van der Waals surface area contributed by atoms with Crippen LogP contribution < -0.4 is 15.4 Å². The van der Waals surface area contributed by atoms with E-state index in [1.165, 1.54) is 9.78 Å². The molecule has 0 atom stereocenters. The highest BCUT2D eigenvalue weighted by Crippen LogP contribution is 2.15. The fourth-order valence-electron chi connectivity index (χ4n) is 2.27. The molecular formula is C20H30IN5O2S. The first-order valence-corrected chi connectivity index (χ1v) is 10.2. The van der Waals surface area contributed by atoms with Gasteiger partial charge in [0.15, 0.2) is 12.6 Å². The van der Waals surface area contributed by atoms with Crippen LogP contribution in [0.3, 0.4) is 0 Å². The highest BCUT2D eigenvalue weighted by molar-refractivity contribution is 14.0. The smallest absolute Gasteiger partial charge is 0.259 e. The number of halogens is 1. The van der Waals surface area contributed by atoms with E-state index in [-0.39, 0.29) is 36.5 Å². The van der Waals surface area contributed by atoms with Gasteiger partial charge in [0.05, 0.1) is 13.1 Å². The number of nitrogens with one attached hydrogen (secondary N) is 2. The van der Waals surface area contributed by atoms with E-state index in [0.29, 0.717) is 18.8 Å². The molecule has 0 unspecified atom stereocenters. The Balaban J connectivity index is 0.00000420. The number of aromatic nitrogens is 1. The topological polar surface area (TPSA) is 78.9 Å². The van der Waals surface area contributed by atoms with E-state index in [1.807, 2.05) is 37.4 Å². The zero-order valence-electron chi connectivity index (χ0n) is 17.4. The van der Waals surface area contributed by atoms with E-state index < -0.39 is 0 Å². The summed E-state index contributed by atoms with van der Waals surface area (Å²) in [6.45, 7) is 6.12. The molecule has 0 bridgehead atoms. The summed E-state index contributed by atoms with van der Waals surface area (Å²) < 4.78 is 5.56. The molecule has 29 heavy (non-hydrogen) atoms.